The Balaban J connectivity index is 2.40. The third kappa shape index (κ3) is 0.863. The molecule has 2 rings (SSSR count). The summed E-state index contributed by atoms with van der Waals surface area (Å²) in [5.41, 5.74) is 1.22. The molecule has 0 aromatic rings. The van der Waals surface area contributed by atoms with Gasteiger partial charge in [0.05, 0.1) is 0 Å². The van der Waals surface area contributed by atoms with Crippen molar-refractivity contribution >= 4 is 5.84 Å². The molecular formula is C9H11N3. The van der Waals surface area contributed by atoms with Gasteiger partial charge in [-0.05, 0) is 24.6 Å². The van der Waals surface area contributed by atoms with Crippen LogP contribution in [0.15, 0.2) is 41.4 Å². The first-order valence-corrected chi connectivity index (χ1v) is 3.85. The fourth-order valence-corrected chi connectivity index (χ4v) is 1.25. The van der Waals surface area contributed by atoms with Crippen LogP contribution in [0.5, 0.6) is 0 Å². The summed E-state index contributed by atoms with van der Waals surface area (Å²) in [5.74, 6) is 1.84. The van der Waals surface area contributed by atoms with Crippen LogP contribution in [0.1, 0.15) is 6.92 Å². The molecule has 0 amide bonds. The number of fused-ring (bicyclic) bond motifs is 1. The van der Waals surface area contributed by atoms with Gasteiger partial charge in [0.1, 0.15) is 5.82 Å². The number of nitrogens with zero attached hydrogens (tertiary/aromatic N) is 3. The van der Waals surface area contributed by atoms with Crippen molar-refractivity contribution in [3.05, 3.63) is 36.3 Å². The second-order valence-corrected chi connectivity index (χ2v) is 2.97. The van der Waals surface area contributed by atoms with Crippen LogP contribution < -0.4 is 0 Å². The van der Waals surface area contributed by atoms with Gasteiger partial charge in [-0.15, -0.1) is 0 Å². The molecule has 0 aromatic heterocycles. The number of allylic oxidation sites excluding steroid dienone is 2. The molecule has 0 saturated carbocycles. The molecule has 0 bridgehead atoms. The second-order valence-electron chi connectivity index (χ2n) is 2.97. The van der Waals surface area contributed by atoms with Crippen LogP contribution in [0.25, 0.3) is 0 Å². The van der Waals surface area contributed by atoms with E-state index in [1.54, 1.807) is 5.01 Å². The van der Waals surface area contributed by atoms with E-state index in [1.165, 1.54) is 5.57 Å². The summed E-state index contributed by atoms with van der Waals surface area (Å²) < 4.78 is 0. The predicted molar refractivity (Wildman–Crippen MR) is 49.1 cm³/mol. The highest BCUT2D eigenvalue weighted by atomic mass is 15.6. The summed E-state index contributed by atoms with van der Waals surface area (Å²) in [4.78, 5) is 1.97. The average molecular weight is 161 g/mol. The highest BCUT2D eigenvalue weighted by Gasteiger charge is 2.22. The van der Waals surface area contributed by atoms with Gasteiger partial charge in [-0.2, -0.15) is 5.10 Å². The fourth-order valence-electron chi connectivity index (χ4n) is 1.25. The van der Waals surface area contributed by atoms with E-state index >= 15 is 0 Å². The van der Waals surface area contributed by atoms with E-state index in [-0.39, 0.29) is 0 Å². The second kappa shape index (κ2) is 2.24. The number of hydrazone groups is 1. The van der Waals surface area contributed by atoms with Crippen molar-refractivity contribution in [1.82, 2.24) is 9.91 Å². The van der Waals surface area contributed by atoms with Gasteiger partial charge in [-0.3, -0.25) is 9.91 Å². The van der Waals surface area contributed by atoms with Crippen LogP contribution >= 0.6 is 0 Å². The Hall–Kier alpha value is -1.51. The quantitative estimate of drug-likeness (QED) is 0.536. The standard InChI is InChI=1S/C9H11N3/c1-7-4-5-12-8(2)11(3)10-9(12)6-7/h4-6H,2H2,1,3H3. The normalized spacial score (nSPS) is 21.0. The summed E-state index contributed by atoms with van der Waals surface area (Å²) in [6, 6.07) is 0. The van der Waals surface area contributed by atoms with Crippen molar-refractivity contribution in [1.29, 1.82) is 0 Å². The summed E-state index contributed by atoms with van der Waals surface area (Å²) in [5, 5.41) is 6.06. The van der Waals surface area contributed by atoms with E-state index in [2.05, 4.69) is 18.6 Å². The SMILES string of the molecule is C=C1N(C)N=C2C=C(C)C=CN12. The first kappa shape index (κ1) is 7.16. The zero-order valence-electron chi connectivity index (χ0n) is 7.28. The van der Waals surface area contributed by atoms with Crippen LogP contribution in [0.3, 0.4) is 0 Å². The minimum Gasteiger partial charge on any atom is -0.285 e. The zero-order valence-corrected chi connectivity index (χ0v) is 7.28. The molecule has 62 valence electrons. The lowest BCUT2D eigenvalue weighted by molar-refractivity contribution is 0.415. The van der Waals surface area contributed by atoms with Crippen molar-refractivity contribution in [2.75, 3.05) is 7.05 Å². The number of rotatable bonds is 0. The van der Waals surface area contributed by atoms with Crippen LogP contribution in [-0.2, 0) is 0 Å². The van der Waals surface area contributed by atoms with Gasteiger partial charge in [0.25, 0.3) is 0 Å². The molecule has 12 heavy (non-hydrogen) atoms. The minimum absolute atomic E-state index is 0.894. The third-order valence-corrected chi connectivity index (χ3v) is 1.99. The predicted octanol–water partition coefficient (Wildman–Crippen LogP) is 1.49. The Morgan fingerprint density at radius 2 is 2.25 bits per heavy atom. The molecular weight excluding hydrogens is 150 g/mol. The lowest BCUT2D eigenvalue weighted by atomic mass is 10.2. The maximum absolute atomic E-state index is 4.29. The zero-order chi connectivity index (χ0) is 8.72. The van der Waals surface area contributed by atoms with Crippen molar-refractivity contribution in [3.63, 3.8) is 0 Å². The smallest absolute Gasteiger partial charge is 0.159 e. The Labute approximate surface area is 72.0 Å². The molecule has 0 unspecified atom stereocenters. The van der Waals surface area contributed by atoms with E-state index in [0.717, 1.165) is 11.7 Å². The molecule has 0 aliphatic carbocycles. The number of hydrogen-bond acceptors (Lipinski definition) is 3. The van der Waals surface area contributed by atoms with E-state index in [0.29, 0.717) is 0 Å². The molecule has 3 heteroatoms. The van der Waals surface area contributed by atoms with E-state index in [1.807, 2.05) is 30.3 Å². The average Bonchev–Trinajstić information content (AvgIpc) is 2.28. The van der Waals surface area contributed by atoms with E-state index in [4.69, 9.17) is 0 Å². The Morgan fingerprint density at radius 1 is 1.50 bits per heavy atom. The minimum atomic E-state index is 0.894. The molecule has 0 spiro atoms. The number of hydrogen-bond donors (Lipinski definition) is 0. The lowest BCUT2D eigenvalue weighted by Gasteiger charge is -2.18. The Kier molecular flexibility index (Phi) is 1.33. The summed E-state index contributed by atoms with van der Waals surface area (Å²) in [6.07, 6.45) is 6.07. The monoisotopic (exact) mass is 161 g/mol. The van der Waals surface area contributed by atoms with Gasteiger partial charge in [-0.1, -0.05) is 6.58 Å². The number of amidine groups is 1. The molecule has 0 fully saturated rings. The Morgan fingerprint density at radius 3 is 3.00 bits per heavy atom. The summed E-state index contributed by atoms with van der Waals surface area (Å²) >= 11 is 0. The molecule has 0 atom stereocenters. The molecule has 3 nitrogen and oxygen atoms in total. The van der Waals surface area contributed by atoms with Crippen LogP contribution in [0.4, 0.5) is 0 Å². The molecule has 2 aliphatic rings. The molecule has 2 aliphatic heterocycles. The van der Waals surface area contributed by atoms with E-state index < -0.39 is 0 Å². The summed E-state index contributed by atoms with van der Waals surface area (Å²) in [6.45, 7) is 5.95. The molecule has 2 heterocycles. The third-order valence-electron chi connectivity index (χ3n) is 1.99. The topological polar surface area (TPSA) is 18.8 Å². The van der Waals surface area contributed by atoms with Crippen LogP contribution in [0, 0.1) is 0 Å². The van der Waals surface area contributed by atoms with Crippen molar-refractivity contribution in [2.24, 2.45) is 5.10 Å². The van der Waals surface area contributed by atoms with Crippen LogP contribution in [0.2, 0.25) is 0 Å². The van der Waals surface area contributed by atoms with Gasteiger partial charge < -0.3 is 0 Å². The molecule has 0 N–H and O–H groups in total. The fraction of sp³-hybridized carbons (Fsp3) is 0.222. The Bertz CT molecular complexity index is 323. The van der Waals surface area contributed by atoms with Gasteiger partial charge in [-0.25, -0.2) is 0 Å². The van der Waals surface area contributed by atoms with Gasteiger partial charge in [0.15, 0.2) is 5.84 Å². The largest absolute Gasteiger partial charge is 0.285 e. The van der Waals surface area contributed by atoms with Crippen molar-refractivity contribution < 1.29 is 0 Å². The molecule has 0 aromatic carbocycles. The summed E-state index contributed by atoms with van der Waals surface area (Å²) in [7, 11) is 1.89. The van der Waals surface area contributed by atoms with Crippen molar-refractivity contribution in [3.8, 4) is 0 Å². The maximum atomic E-state index is 4.29. The highest BCUT2D eigenvalue weighted by Crippen LogP contribution is 2.21. The first-order chi connectivity index (χ1) is 5.68. The molecule has 0 saturated heterocycles. The molecule has 0 radical (unpaired) electrons. The lowest BCUT2D eigenvalue weighted by Crippen LogP contribution is -2.22. The van der Waals surface area contributed by atoms with Gasteiger partial charge in [0.2, 0.25) is 0 Å². The maximum Gasteiger partial charge on any atom is 0.159 e. The highest BCUT2D eigenvalue weighted by molar-refractivity contribution is 5.97. The first-order valence-electron chi connectivity index (χ1n) is 3.85. The van der Waals surface area contributed by atoms with E-state index in [9.17, 15) is 0 Å². The van der Waals surface area contributed by atoms with Crippen LogP contribution in [-0.4, -0.2) is 22.8 Å². The van der Waals surface area contributed by atoms with Crippen molar-refractivity contribution in [2.45, 2.75) is 6.92 Å². The van der Waals surface area contributed by atoms with Gasteiger partial charge >= 0.3 is 0 Å². The van der Waals surface area contributed by atoms with Gasteiger partial charge in [0, 0.05) is 13.2 Å².